The number of nitrogens with zero attached hydrogens (tertiary/aromatic N) is 3. The van der Waals surface area contributed by atoms with E-state index in [-0.39, 0.29) is 24.1 Å². The first-order chi connectivity index (χ1) is 13.6. The third-order valence-electron chi connectivity index (χ3n) is 4.64. The maximum Gasteiger partial charge on any atom is 0.303 e. The molecule has 1 aromatic heterocycles. The lowest BCUT2D eigenvalue weighted by molar-refractivity contribution is -0.190. The lowest BCUT2D eigenvalue weighted by Crippen LogP contribution is -2.68. The van der Waals surface area contributed by atoms with Gasteiger partial charge in [0, 0.05) is 27.8 Å². The fourth-order valence-corrected chi connectivity index (χ4v) is 3.57. The van der Waals surface area contributed by atoms with Gasteiger partial charge < -0.3 is 24.3 Å². The minimum atomic E-state index is -1.06. The van der Waals surface area contributed by atoms with Crippen molar-refractivity contribution in [3.63, 3.8) is 0 Å². The molecule has 0 aliphatic carbocycles. The van der Waals surface area contributed by atoms with E-state index >= 15 is 0 Å². The van der Waals surface area contributed by atoms with Gasteiger partial charge in [0.25, 0.3) is 5.56 Å². The summed E-state index contributed by atoms with van der Waals surface area (Å²) < 4.78 is 22.6. The van der Waals surface area contributed by atoms with Crippen LogP contribution in [0, 0.1) is 0 Å². The van der Waals surface area contributed by atoms with E-state index < -0.39 is 47.9 Å². The van der Waals surface area contributed by atoms with Gasteiger partial charge in [-0.15, -0.1) is 0 Å². The Kier molecular flexibility index (Phi) is 5.46. The minimum Gasteiger partial charge on any atom is -0.468 e. The number of esters is 2. The van der Waals surface area contributed by atoms with Crippen LogP contribution < -0.4 is 20.5 Å². The molecule has 3 rings (SSSR count). The molecule has 29 heavy (non-hydrogen) atoms. The van der Waals surface area contributed by atoms with Crippen LogP contribution in [0.5, 0.6) is 6.01 Å². The number of rotatable bonds is 3. The van der Waals surface area contributed by atoms with Crippen molar-refractivity contribution in [2.75, 3.05) is 23.9 Å². The van der Waals surface area contributed by atoms with Crippen LogP contribution in [0.1, 0.15) is 20.8 Å². The summed E-state index contributed by atoms with van der Waals surface area (Å²) in [6.07, 6.45) is -2.89. The SMILES string of the molecule is COc1nc2c(c(=O)n1C)N(C(C)=O)[C@H]1[C@@H](OC(C)=O)[C@H](OC(C)=O)CO[C@H]1N2. The molecule has 158 valence electrons. The summed E-state index contributed by atoms with van der Waals surface area (Å²) in [5, 5.41) is 2.95. The van der Waals surface area contributed by atoms with Crippen molar-refractivity contribution in [2.24, 2.45) is 7.05 Å². The maximum atomic E-state index is 12.9. The van der Waals surface area contributed by atoms with Crippen LogP contribution in [-0.2, 0) is 35.6 Å². The standard InChI is InChI=1S/C17H22N4O8/c1-7(22)21-11-13(29-9(3)24)10(28-8(2)23)6-27-15(11)18-14-12(21)16(25)20(4)17(19-14)26-5/h10-11,13,15,18H,6H2,1-5H3/t10-,11+,13+,15-/m1/s1. The summed E-state index contributed by atoms with van der Waals surface area (Å²) in [7, 11) is 2.81. The van der Waals surface area contributed by atoms with Crippen molar-refractivity contribution in [1.29, 1.82) is 0 Å². The highest BCUT2D eigenvalue weighted by Crippen LogP contribution is 2.36. The van der Waals surface area contributed by atoms with Gasteiger partial charge in [-0.05, 0) is 0 Å². The Morgan fingerprint density at radius 1 is 1.17 bits per heavy atom. The van der Waals surface area contributed by atoms with E-state index in [1.165, 1.54) is 34.9 Å². The highest BCUT2D eigenvalue weighted by molar-refractivity contribution is 5.96. The summed E-state index contributed by atoms with van der Waals surface area (Å²) in [5.41, 5.74) is -0.601. The monoisotopic (exact) mass is 410 g/mol. The van der Waals surface area contributed by atoms with E-state index in [0.717, 1.165) is 9.47 Å². The Labute approximate surface area is 165 Å². The number of fused-ring (bicyclic) bond motifs is 2. The van der Waals surface area contributed by atoms with E-state index in [4.69, 9.17) is 18.9 Å². The molecule has 1 aromatic rings. The molecule has 1 amide bonds. The average Bonchev–Trinajstić information content (AvgIpc) is 2.64. The average molecular weight is 410 g/mol. The summed E-state index contributed by atoms with van der Waals surface area (Å²) in [6.45, 7) is 3.58. The topological polar surface area (TPSA) is 138 Å². The number of carbonyl (C=O) groups is 3. The Bertz CT molecular complexity index is 913. The molecule has 0 bridgehead atoms. The second kappa shape index (κ2) is 7.70. The molecule has 0 saturated carbocycles. The van der Waals surface area contributed by atoms with Crippen LogP contribution in [-0.4, -0.2) is 65.6 Å². The van der Waals surface area contributed by atoms with Gasteiger partial charge in [0.2, 0.25) is 5.91 Å². The van der Waals surface area contributed by atoms with Gasteiger partial charge in [-0.25, -0.2) is 0 Å². The van der Waals surface area contributed by atoms with Crippen LogP contribution in [0.4, 0.5) is 11.5 Å². The van der Waals surface area contributed by atoms with Gasteiger partial charge in [-0.1, -0.05) is 0 Å². The van der Waals surface area contributed by atoms with E-state index in [1.807, 2.05) is 0 Å². The lowest BCUT2D eigenvalue weighted by atomic mass is 9.96. The number of amides is 1. The number of hydrogen-bond acceptors (Lipinski definition) is 10. The Hall–Kier alpha value is -3.15. The number of carbonyl (C=O) groups excluding carboxylic acids is 3. The number of methoxy groups -OCH3 is 1. The van der Waals surface area contributed by atoms with Gasteiger partial charge >= 0.3 is 17.9 Å². The van der Waals surface area contributed by atoms with Gasteiger partial charge in [0.15, 0.2) is 29.9 Å². The number of ether oxygens (including phenoxy) is 4. The van der Waals surface area contributed by atoms with Crippen molar-refractivity contribution < 1.29 is 33.3 Å². The minimum absolute atomic E-state index is 0.0355. The summed E-state index contributed by atoms with van der Waals surface area (Å²) in [6, 6.07) is -0.932. The zero-order valence-electron chi connectivity index (χ0n) is 16.6. The zero-order valence-corrected chi connectivity index (χ0v) is 16.6. The highest BCUT2D eigenvalue weighted by atomic mass is 16.6. The first-order valence-corrected chi connectivity index (χ1v) is 8.83. The third-order valence-corrected chi connectivity index (χ3v) is 4.64. The normalized spacial score (nSPS) is 25.2. The summed E-state index contributed by atoms with van der Waals surface area (Å²) in [5.74, 6) is -1.65. The van der Waals surface area contributed by atoms with Gasteiger partial charge in [-0.2, -0.15) is 4.98 Å². The second-order valence-electron chi connectivity index (χ2n) is 6.66. The van der Waals surface area contributed by atoms with Crippen LogP contribution in [0.15, 0.2) is 4.79 Å². The molecule has 2 aliphatic rings. The van der Waals surface area contributed by atoms with E-state index in [9.17, 15) is 19.2 Å². The first kappa shape index (κ1) is 20.6. The Balaban J connectivity index is 2.15. The van der Waals surface area contributed by atoms with Crippen molar-refractivity contribution >= 4 is 29.4 Å². The highest BCUT2D eigenvalue weighted by Gasteiger charge is 2.52. The molecule has 4 atom stereocenters. The molecule has 0 spiro atoms. The quantitative estimate of drug-likeness (QED) is 0.627. The predicted octanol–water partition coefficient (Wildman–Crippen LogP) is -0.844. The van der Waals surface area contributed by atoms with Crippen molar-refractivity contribution in [3.8, 4) is 6.01 Å². The number of hydrogen-bond donors (Lipinski definition) is 1. The molecule has 1 saturated heterocycles. The first-order valence-electron chi connectivity index (χ1n) is 8.83. The predicted molar refractivity (Wildman–Crippen MR) is 97.4 cm³/mol. The van der Waals surface area contributed by atoms with E-state index in [2.05, 4.69) is 10.3 Å². The maximum absolute atomic E-state index is 12.9. The Morgan fingerprint density at radius 2 is 1.83 bits per heavy atom. The fourth-order valence-electron chi connectivity index (χ4n) is 3.57. The zero-order chi connectivity index (χ0) is 21.5. The number of nitrogens with one attached hydrogen (secondary N) is 1. The van der Waals surface area contributed by atoms with Crippen LogP contribution in [0.3, 0.4) is 0 Å². The van der Waals surface area contributed by atoms with E-state index in [0.29, 0.717) is 0 Å². The van der Waals surface area contributed by atoms with Crippen LogP contribution in [0.2, 0.25) is 0 Å². The number of anilines is 2. The van der Waals surface area contributed by atoms with Gasteiger partial charge in [0.1, 0.15) is 6.04 Å². The molecule has 12 heteroatoms. The summed E-state index contributed by atoms with van der Waals surface area (Å²) in [4.78, 5) is 54.1. The smallest absolute Gasteiger partial charge is 0.303 e. The molecule has 3 heterocycles. The van der Waals surface area contributed by atoms with E-state index in [1.54, 1.807) is 0 Å². The summed E-state index contributed by atoms with van der Waals surface area (Å²) >= 11 is 0. The molecular formula is C17H22N4O8. The van der Waals surface area contributed by atoms with Crippen molar-refractivity contribution in [3.05, 3.63) is 10.4 Å². The molecular weight excluding hydrogens is 388 g/mol. The lowest BCUT2D eigenvalue weighted by Gasteiger charge is -2.48. The molecule has 0 unspecified atom stereocenters. The third kappa shape index (κ3) is 3.62. The molecule has 1 N–H and O–H groups in total. The van der Waals surface area contributed by atoms with Crippen LogP contribution >= 0.6 is 0 Å². The Morgan fingerprint density at radius 3 is 2.38 bits per heavy atom. The van der Waals surface area contributed by atoms with Crippen molar-refractivity contribution in [2.45, 2.75) is 45.2 Å². The molecule has 0 radical (unpaired) electrons. The molecule has 0 aromatic carbocycles. The van der Waals surface area contributed by atoms with Crippen LogP contribution in [0.25, 0.3) is 0 Å². The van der Waals surface area contributed by atoms with Gasteiger partial charge in [0.05, 0.1) is 13.7 Å². The molecule has 1 fully saturated rings. The fraction of sp³-hybridized carbons (Fsp3) is 0.588. The molecule has 12 nitrogen and oxygen atoms in total. The molecule has 2 aliphatic heterocycles. The second-order valence-corrected chi connectivity index (χ2v) is 6.66. The van der Waals surface area contributed by atoms with Crippen molar-refractivity contribution in [1.82, 2.24) is 9.55 Å². The largest absolute Gasteiger partial charge is 0.468 e. The number of aromatic nitrogens is 2. The van der Waals surface area contributed by atoms with Gasteiger partial charge in [-0.3, -0.25) is 28.6 Å².